The summed E-state index contributed by atoms with van der Waals surface area (Å²) >= 11 is 4.87. The fourth-order valence-electron chi connectivity index (χ4n) is 2.50. The van der Waals surface area contributed by atoms with Crippen LogP contribution in [0.1, 0.15) is 10.4 Å². The van der Waals surface area contributed by atoms with Gasteiger partial charge in [-0.2, -0.15) is 4.99 Å². The molecule has 0 atom stereocenters. The lowest BCUT2D eigenvalue weighted by molar-refractivity contribution is 0.0997. The molecule has 3 rings (SSSR count). The molecule has 2 aromatic carbocycles. The molecule has 0 aliphatic carbocycles. The van der Waals surface area contributed by atoms with Crippen LogP contribution < -0.4 is 14.3 Å². The van der Waals surface area contributed by atoms with E-state index in [1.54, 1.807) is 25.3 Å². The first kappa shape index (κ1) is 18.2. The van der Waals surface area contributed by atoms with Crippen molar-refractivity contribution in [3.63, 3.8) is 0 Å². The maximum absolute atomic E-state index is 12.7. The van der Waals surface area contributed by atoms with Gasteiger partial charge >= 0.3 is 0 Å². The van der Waals surface area contributed by atoms with Crippen LogP contribution >= 0.6 is 27.3 Å². The summed E-state index contributed by atoms with van der Waals surface area (Å²) in [5.41, 5.74) is 1.35. The molecule has 132 valence electrons. The minimum Gasteiger partial charge on any atom is -0.493 e. The summed E-state index contributed by atoms with van der Waals surface area (Å²) in [5.74, 6) is 3.27. The first-order chi connectivity index (χ1) is 12.6. The van der Waals surface area contributed by atoms with Gasteiger partial charge in [0.1, 0.15) is 0 Å². The second kappa shape index (κ2) is 7.77. The van der Waals surface area contributed by atoms with Crippen molar-refractivity contribution in [1.82, 2.24) is 4.57 Å². The second-order valence-corrected chi connectivity index (χ2v) is 7.20. The highest BCUT2D eigenvalue weighted by Gasteiger charge is 2.12. The first-order valence-electron chi connectivity index (χ1n) is 7.61. The van der Waals surface area contributed by atoms with Crippen LogP contribution in [-0.4, -0.2) is 24.7 Å². The third-order valence-corrected chi connectivity index (χ3v) is 5.26. The monoisotopic (exact) mass is 430 g/mol. The van der Waals surface area contributed by atoms with E-state index in [9.17, 15) is 4.79 Å². The topological polar surface area (TPSA) is 52.8 Å². The lowest BCUT2D eigenvalue weighted by Gasteiger charge is -2.07. The summed E-state index contributed by atoms with van der Waals surface area (Å²) in [6.07, 6.45) is 5.49. The van der Waals surface area contributed by atoms with Crippen LogP contribution in [-0.2, 0) is 6.54 Å². The molecule has 0 radical (unpaired) electrons. The number of ether oxygens (including phenoxy) is 2. The van der Waals surface area contributed by atoms with Crippen LogP contribution in [0.25, 0.3) is 10.2 Å². The van der Waals surface area contributed by atoms with Crippen LogP contribution in [0.15, 0.2) is 45.9 Å². The molecule has 0 unspecified atom stereocenters. The Labute approximate surface area is 163 Å². The van der Waals surface area contributed by atoms with Gasteiger partial charge in [0.25, 0.3) is 5.91 Å². The summed E-state index contributed by atoms with van der Waals surface area (Å²) < 4.78 is 14.2. The van der Waals surface area contributed by atoms with Gasteiger partial charge in [-0.15, -0.1) is 6.42 Å². The number of thiazole rings is 1. The largest absolute Gasteiger partial charge is 0.493 e. The Morgan fingerprint density at radius 2 is 2.00 bits per heavy atom. The van der Waals surface area contributed by atoms with Crippen molar-refractivity contribution >= 4 is 43.4 Å². The van der Waals surface area contributed by atoms with Gasteiger partial charge in [-0.25, -0.2) is 0 Å². The Balaban J connectivity index is 2.11. The first-order valence-corrected chi connectivity index (χ1v) is 9.21. The molecule has 26 heavy (non-hydrogen) atoms. The van der Waals surface area contributed by atoms with Gasteiger partial charge in [0.15, 0.2) is 16.3 Å². The maximum atomic E-state index is 12.7. The van der Waals surface area contributed by atoms with Crippen molar-refractivity contribution in [2.24, 2.45) is 4.99 Å². The number of benzene rings is 2. The zero-order chi connectivity index (χ0) is 18.7. The fourth-order valence-corrected chi connectivity index (χ4v) is 4.08. The highest BCUT2D eigenvalue weighted by molar-refractivity contribution is 9.10. The summed E-state index contributed by atoms with van der Waals surface area (Å²) in [6, 6.07) is 10.8. The molecule has 1 heterocycles. The van der Waals surface area contributed by atoms with Crippen molar-refractivity contribution in [3.05, 3.63) is 51.2 Å². The summed E-state index contributed by atoms with van der Waals surface area (Å²) in [4.78, 5) is 17.5. The standard InChI is InChI=1S/C19H15BrN2O3S/c1-4-9-22-14-7-6-13(20)11-17(14)26-19(22)21-18(23)12-5-8-15(24-2)16(10-12)25-3/h1,5-8,10-11H,9H2,2-3H3. The Bertz CT molecular complexity index is 1090. The highest BCUT2D eigenvalue weighted by Crippen LogP contribution is 2.28. The van der Waals surface area contributed by atoms with Crippen LogP contribution in [0.3, 0.4) is 0 Å². The number of halogens is 1. The number of aromatic nitrogens is 1. The molecule has 0 aliphatic rings. The Morgan fingerprint density at radius 1 is 1.23 bits per heavy atom. The van der Waals surface area contributed by atoms with Crippen molar-refractivity contribution in [2.45, 2.75) is 6.54 Å². The molecular formula is C19H15BrN2O3S. The van der Waals surface area contributed by atoms with Gasteiger partial charge in [0.2, 0.25) is 0 Å². The van der Waals surface area contributed by atoms with Crippen molar-refractivity contribution in [2.75, 3.05) is 14.2 Å². The van der Waals surface area contributed by atoms with Gasteiger partial charge in [-0.05, 0) is 36.4 Å². The third-order valence-electron chi connectivity index (χ3n) is 3.72. The van der Waals surface area contributed by atoms with Crippen molar-refractivity contribution in [1.29, 1.82) is 0 Å². The quantitative estimate of drug-likeness (QED) is 0.590. The number of hydrogen-bond donors (Lipinski definition) is 0. The van der Waals surface area contributed by atoms with E-state index in [-0.39, 0.29) is 5.91 Å². The number of nitrogens with zero attached hydrogens (tertiary/aromatic N) is 2. The molecule has 0 bridgehead atoms. The van der Waals surface area contributed by atoms with E-state index in [1.807, 2.05) is 22.8 Å². The lowest BCUT2D eigenvalue weighted by atomic mass is 10.2. The van der Waals surface area contributed by atoms with E-state index in [2.05, 4.69) is 26.8 Å². The van der Waals surface area contributed by atoms with Crippen molar-refractivity contribution < 1.29 is 14.3 Å². The zero-order valence-electron chi connectivity index (χ0n) is 14.2. The van der Waals surface area contributed by atoms with Gasteiger partial charge in [-0.1, -0.05) is 33.2 Å². The molecule has 0 fully saturated rings. The van der Waals surface area contributed by atoms with Crippen LogP contribution in [0.5, 0.6) is 11.5 Å². The van der Waals surface area contributed by atoms with Gasteiger partial charge in [-0.3, -0.25) is 4.79 Å². The molecule has 7 heteroatoms. The predicted molar refractivity (Wildman–Crippen MR) is 106 cm³/mol. The average molecular weight is 431 g/mol. The predicted octanol–water partition coefficient (Wildman–Crippen LogP) is 3.86. The minimum absolute atomic E-state index is 0.333. The number of rotatable bonds is 4. The molecular weight excluding hydrogens is 416 g/mol. The molecule has 3 aromatic rings. The van der Waals surface area contributed by atoms with Crippen LogP contribution in [0.4, 0.5) is 0 Å². The van der Waals surface area contributed by atoms with Crippen LogP contribution in [0, 0.1) is 12.3 Å². The van der Waals surface area contributed by atoms with Gasteiger partial charge in [0, 0.05) is 10.0 Å². The number of carbonyl (C=O) groups excluding carboxylic acids is 1. The Morgan fingerprint density at radius 3 is 2.69 bits per heavy atom. The number of amides is 1. The SMILES string of the molecule is C#CCn1c(=NC(=O)c2ccc(OC)c(OC)c2)sc2cc(Br)ccc21. The molecule has 1 amide bonds. The molecule has 0 saturated heterocycles. The molecule has 0 saturated carbocycles. The molecule has 5 nitrogen and oxygen atoms in total. The van der Waals surface area contributed by atoms with E-state index >= 15 is 0 Å². The molecule has 1 aromatic heterocycles. The fraction of sp³-hybridized carbons (Fsp3) is 0.158. The number of fused-ring (bicyclic) bond motifs is 1. The second-order valence-electron chi connectivity index (χ2n) is 5.27. The number of terminal acetylenes is 1. The summed E-state index contributed by atoms with van der Waals surface area (Å²) in [5, 5.41) is 0. The van der Waals surface area contributed by atoms with E-state index in [1.165, 1.54) is 18.4 Å². The Hall–Kier alpha value is -2.56. The number of carbonyl (C=O) groups is 1. The molecule has 0 aliphatic heterocycles. The number of hydrogen-bond acceptors (Lipinski definition) is 4. The van der Waals surface area contributed by atoms with E-state index < -0.39 is 0 Å². The van der Waals surface area contributed by atoms with Crippen LogP contribution in [0.2, 0.25) is 0 Å². The summed E-state index contributed by atoms with van der Waals surface area (Å²) in [7, 11) is 3.07. The van der Waals surface area contributed by atoms with Crippen molar-refractivity contribution in [3.8, 4) is 23.8 Å². The van der Waals surface area contributed by atoms with Gasteiger partial charge < -0.3 is 14.0 Å². The van der Waals surface area contributed by atoms with E-state index in [0.29, 0.717) is 28.4 Å². The van der Waals surface area contributed by atoms with E-state index in [0.717, 1.165) is 14.7 Å². The average Bonchev–Trinajstić information content (AvgIpc) is 2.97. The van der Waals surface area contributed by atoms with E-state index in [4.69, 9.17) is 15.9 Å². The number of methoxy groups -OCH3 is 2. The molecule has 0 spiro atoms. The smallest absolute Gasteiger partial charge is 0.279 e. The normalized spacial score (nSPS) is 11.4. The summed E-state index contributed by atoms with van der Waals surface area (Å²) in [6.45, 7) is 0.333. The zero-order valence-corrected chi connectivity index (χ0v) is 16.6. The lowest BCUT2D eigenvalue weighted by Crippen LogP contribution is -2.16. The maximum Gasteiger partial charge on any atom is 0.279 e. The minimum atomic E-state index is -0.373. The molecule has 0 N–H and O–H groups in total. The highest BCUT2D eigenvalue weighted by atomic mass is 79.9. The third kappa shape index (κ3) is 3.52. The Kier molecular flexibility index (Phi) is 5.45. The van der Waals surface area contributed by atoms with Gasteiger partial charge in [0.05, 0.1) is 31.0 Å².